The second kappa shape index (κ2) is 6.17. The molecule has 1 aliphatic rings. The monoisotopic (exact) mass is 262 g/mol. The molecule has 4 heteroatoms. The van der Waals surface area contributed by atoms with Gasteiger partial charge in [0.05, 0.1) is 5.56 Å². The van der Waals surface area contributed by atoms with Crippen molar-refractivity contribution in [2.24, 2.45) is 0 Å². The van der Waals surface area contributed by atoms with E-state index in [1.165, 1.54) is 19.4 Å². The lowest BCUT2D eigenvalue weighted by Crippen LogP contribution is -2.36. The SMILES string of the molecule is CN(Cc1cccc(C(=O)O)c1)CC1CCCN1C. The molecule has 1 aromatic carbocycles. The molecule has 0 aliphatic carbocycles. The third kappa shape index (κ3) is 3.78. The number of benzene rings is 1. The highest BCUT2D eigenvalue weighted by molar-refractivity contribution is 5.87. The van der Waals surface area contributed by atoms with Crippen molar-refractivity contribution in [1.82, 2.24) is 9.80 Å². The Balaban J connectivity index is 1.93. The third-order valence-corrected chi connectivity index (χ3v) is 3.82. The summed E-state index contributed by atoms with van der Waals surface area (Å²) in [6.07, 6.45) is 2.54. The lowest BCUT2D eigenvalue weighted by Gasteiger charge is -2.25. The molecule has 104 valence electrons. The Kier molecular flexibility index (Phi) is 4.56. The Morgan fingerprint density at radius 3 is 2.95 bits per heavy atom. The van der Waals surface area contributed by atoms with Gasteiger partial charge in [-0.1, -0.05) is 12.1 Å². The van der Waals surface area contributed by atoms with Gasteiger partial charge in [0, 0.05) is 19.1 Å². The van der Waals surface area contributed by atoms with Crippen molar-refractivity contribution in [3.8, 4) is 0 Å². The van der Waals surface area contributed by atoms with Crippen LogP contribution >= 0.6 is 0 Å². The van der Waals surface area contributed by atoms with Gasteiger partial charge in [0.2, 0.25) is 0 Å². The van der Waals surface area contributed by atoms with Crippen molar-refractivity contribution < 1.29 is 9.90 Å². The number of likely N-dealkylation sites (N-methyl/N-ethyl adjacent to an activating group) is 2. The number of carboxylic acid groups (broad SMARTS) is 1. The second-order valence-electron chi connectivity index (χ2n) is 5.48. The highest BCUT2D eigenvalue weighted by Gasteiger charge is 2.21. The van der Waals surface area contributed by atoms with E-state index in [4.69, 9.17) is 5.11 Å². The number of rotatable bonds is 5. The maximum Gasteiger partial charge on any atom is 0.335 e. The zero-order valence-corrected chi connectivity index (χ0v) is 11.7. The minimum atomic E-state index is -0.861. The molecule has 1 unspecified atom stereocenters. The predicted octanol–water partition coefficient (Wildman–Crippen LogP) is 1.91. The number of aromatic carboxylic acids is 1. The van der Waals surface area contributed by atoms with Gasteiger partial charge >= 0.3 is 5.97 Å². The molecular formula is C15H22N2O2. The van der Waals surface area contributed by atoms with Crippen LogP contribution in [0.25, 0.3) is 0 Å². The van der Waals surface area contributed by atoms with Gasteiger partial charge in [-0.25, -0.2) is 4.79 Å². The minimum absolute atomic E-state index is 0.365. The lowest BCUT2D eigenvalue weighted by atomic mass is 10.1. The molecule has 1 saturated heterocycles. The van der Waals surface area contributed by atoms with E-state index in [2.05, 4.69) is 23.9 Å². The summed E-state index contributed by atoms with van der Waals surface area (Å²) in [6, 6.07) is 7.83. The molecule has 0 bridgehead atoms. The average Bonchev–Trinajstić information content (AvgIpc) is 2.75. The van der Waals surface area contributed by atoms with Crippen LogP contribution in [0.1, 0.15) is 28.8 Å². The van der Waals surface area contributed by atoms with Crippen LogP contribution in [0, 0.1) is 0 Å². The Hall–Kier alpha value is -1.39. The largest absolute Gasteiger partial charge is 0.478 e. The average molecular weight is 262 g/mol. The summed E-state index contributed by atoms with van der Waals surface area (Å²) < 4.78 is 0. The molecule has 1 fully saturated rings. The van der Waals surface area contributed by atoms with Crippen LogP contribution in [-0.4, -0.2) is 54.1 Å². The van der Waals surface area contributed by atoms with Crippen molar-refractivity contribution in [2.75, 3.05) is 27.2 Å². The van der Waals surface area contributed by atoms with Gasteiger partial charge in [-0.3, -0.25) is 0 Å². The van der Waals surface area contributed by atoms with Crippen LogP contribution in [0.3, 0.4) is 0 Å². The molecule has 2 rings (SSSR count). The molecule has 19 heavy (non-hydrogen) atoms. The van der Waals surface area contributed by atoms with E-state index in [0.717, 1.165) is 18.7 Å². The zero-order valence-electron chi connectivity index (χ0n) is 11.7. The molecule has 1 aliphatic heterocycles. The van der Waals surface area contributed by atoms with Crippen molar-refractivity contribution in [1.29, 1.82) is 0 Å². The van der Waals surface area contributed by atoms with Crippen LogP contribution in [0.2, 0.25) is 0 Å². The van der Waals surface area contributed by atoms with Crippen LogP contribution in [0.15, 0.2) is 24.3 Å². The number of carbonyl (C=O) groups is 1. The first-order valence-corrected chi connectivity index (χ1v) is 6.77. The summed E-state index contributed by atoms with van der Waals surface area (Å²) in [5.41, 5.74) is 1.42. The topological polar surface area (TPSA) is 43.8 Å². The fourth-order valence-electron chi connectivity index (χ4n) is 2.75. The van der Waals surface area contributed by atoms with E-state index in [1.807, 2.05) is 12.1 Å². The number of hydrogen-bond donors (Lipinski definition) is 1. The summed E-state index contributed by atoms with van der Waals surface area (Å²) in [5.74, 6) is -0.861. The Bertz CT molecular complexity index is 448. The summed E-state index contributed by atoms with van der Waals surface area (Å²) >= 11 is 0. The molecule has 0 amide bonds. The van der Waals surface area contributed by atoms with Gasteiger partial charge in [-0.15, -0.1) is 0 Å². The van der Waals surface area contributed by atoms with Gasteiger partial charge in [-0.05, 0) is 51.2 Å². The minimum Gasteiger partial charge on any atom is -0.478 e. The molecule has 0 saturated carbocycles. The zero-order chi connectivity index (χ0) is 13.8. The van der Waals surface area contributed by atoms with E-state index in [9.17, 15) is 4.79 Å². The number of nitrogens with zero attached hydrogens (tertiary/aromatic N) is 2. The number of carboxylic acids is 1. The van der Waals surface area contributed by atoms with Gasteiger partial charge in [0.25, 0.3) is 0 Å². The quantitative estimate of drug-likeness (QED) is 0.880. The standard InChI is InChI=1S/C15H22N2O2/c1-16(11-14-7-4-8-17(14)2)10-12-5-3-6-13(9-12)15(18)19/h3,5-6,9,14H,4,7-8,10-11H2,1-2H3,(H,18,19). The van der Waals surface area contributed by atoms with Gasteiger partial charge < -0.3 is 14.9 Å². The molecule has 4 nitrogen and oxygen atoms in total. The normalized spacial score (nSPS) is 20.1. The first-order valence-electron chi connectivity index (χ1n) is 6.77. The Labute approximate surface area is 114 Å². The number of hydrogen-bond acceptors (Lipinski definition) is 3. The van der Waals surface area contributed by atoms with Crippen molar-refractivity contribution in [3.63, 3.8) is 0 Å². The highest BCUT2D eigenvalue weighted by atomic mass is 16.4. The predicted molar refractivity (Wildman–Crippen MR) is 75.4 cm³/mol. The van der Waals surface area contributed by atoms with Gasteiger partial charge in [0.15, 0.2) is 0 Å². The van der Waals surface area contributed by atoms with Crippen LogP contribution in [0.5, 0.6) is 0 Å². The number of likely N-dealkylation sites (tertiary alicyclic amines) is 1. The van der Waals surface area contributed by atoms with E-state index in [-0.39, 0.29) is 0 Å². The molecule has 0 spiro atoms. The summed E-state index contributed by atoms with van der Waals surface area (Å²) in [4.78, 5) is 15.6. The fourth-order valence-corrected chi connectivity index (χ4v) is 2.75. The molecule has 0 radical (unpaired) electrons. The first kappa shape index (κ1) is 14.0. The van der Waals surface area contributed by atoms with Gasteiger partial charge in [0.1, 0.15) is 0 Å². The maximum absolute atomic E-state index is 10.9. The molecule has 1 heterocycles. The van der Waals surface area contributed by atoms with Crippen LogP contribution in [0.4, 0.5) is 0 Å². The molecule has 1 atom stereocenters. The summed E-state index contributed by atoms with van der Waals surface area (Å²) in [5, 5.41) is 8.99. The summed E-state index contributed by atoms with van der Waals surface area (Å²) in [7, 11) is 4.27. The Morgan fingerprint density at radius 1 is 1.53 bits per heavy atom. The Morgan fingerprint density at radius 2 is 2.32 bits per heavy atom. The van der Waals surface area contributed by atoms with E-state index in [0.29, 0.717) is 11.6 Å². The third-order valence-electron chi connectivity index (χ3n) is 3.82. The van der Waals surface area contributed by atoms with Crippen molar-refractivity contribution in [3.05, 3.63) is 35.4 Å². The first-order chi connectivity index (χ1) is 9.06. The van der Waals surface area contributed by atoms with Crippen LogP contribution < -0.4 is 0 Å². The maximum atomic E-state index is 10.9. The summed E-state index contributed by atoms with van der Waals surface area (Å²) in [6.45, 7) is 3.02. The highest BCUT2D eigenvalue weighted by Crippen LogP contribution is 2.16. The second-order valence-corrected chi connectivity index (χ2v) is 5.48. The molecule has 0 aromatic heterocycles. The van der Waals surface area contributed by atoms with Crippen molar-refractivity contribution in [2.45, 2.75) is 25.4 Å². The lowest BCUT2D eigenvalue weighted by molar-refractivity contribution is 0.0696. The molecule has 1 aromatic rings. The smallest absolute Gasteiger partial charge is 0.335 e. The van der Waals surface area contributed by atoms with Crippen LogP contribution in [-0.2, 0) is 6.54 Å². The van der Waals surface area contributed by atoms with E-state index in [1.54, 1.807) is 12.1 Å². The van der Waals surface area contributed by atoms with Gasteiger partial charge in [-0.2, -0.15) is 0 Å². The van der Waals surface area contributed by atoms with E-state index < -0.39 is 5.97 Å². The van der Waals surface area contributed by atoms with Crippen molar-refractivity contribution >= 4 is 5.97 Å². The van der Waals surface area contributed by atoms with E-state index >= 15 is 0 Å². The molecule has 1 N–H and O–H groups in total. The fraction of sp³-hybridized carbons (Fsp3) is 0.533. The molecular weight excluding hydrogens is 240 g/mol.